The van der Waals surface area contributed by atoms with Gasteiger partial charge in [-0.15, -0.1) is 0 Å². The first-order valence-corrected chi connectivity index (χ1v) is 28.4. The van der Waals surface area contributed by atoms with Crippen molar-refractivity contribution in [1.82, 2.24) is 10.6 Å². The molecule has 2 aromatic rings. The van der Waals surface area contributed by atoms with Crippen molar-refractivity contribution in [2.24, 2.45) is 0 Å². The number of carbonyl (C=O) groups excluding carboxylic acids is 4. The summed E-state index contributed by atoms with van der Waals surface area (Å²) in [6, 6.07) is 14.7. The Morgan fingerprint density at radius 2 is 1.17 bits per heavy atom. The second kappa shape index (κ2) is 35.5. The van der Waals surface area contributed by atoms with Crippen LogP contribution in [-0.2, 0) is 42.6 Å². The predicted octanol–water partition coefficient (Wildman–Crippen LogP) is 11.2. The molecule has 0 unspecified atom stereocenters. The number of rotatable bonds is 41. The number of esters is 2. The SMILES string of the molecule is CCCCCCCCCCCC(=O)OC[C@H](CSC[C@H](NC(=O)OCC1c2ccccc2-c2ccccc21)C(=O)NCCOCCOCCC(F)(F)P(=O)(O)O)OC(=O)CCCCCCCCCCC. The van der Waals surface area contributed by atoms with Crippen molar-refractivity contribution in [3.05, 3.63) is 59.7 Å². The first-order chi connectivity index (χ1) is 33.8. The van der Waals surface area contributed by atoms with Crippen molar-refractivity contribution >= 4 is 43.3 Å². The molecule has 0 bridgehead atoms. The molecule has 18 heteroatoms. The minimum atomic E-state index is -5.60. The summed E-state index contributed by atoms with van der Waals surface area (Å²) >= 11 is 1.24. The summed E-state index contributed by atoms with van der Waals surface area (Å²) in [5.41, 5.74) is -0.0178. The molecule has 0 aliphatic heterocycles. The minimum absolute atomic E-state index is 0.0000516. The van der Waals surface area contributed by atoms with E-state index in [1.54, 1.807) is 0 Å². The number of thioether (sulfide) groups is 1. The highest BCUT2D eigenvalue weighted by Crippen LogP contribution is 2.54. The Labute approximate surface area is 419 Å². The lowest BCUT2D eigenvalue weighted by Gasteiger charge is -2.21. The zero-order valence-electron chi connectivity index (χ0n) is 41.7. The number of halogens is 2. The van der Waals surface area contributed by atoms with Crippen LogP contribution >= 0.6 is 19.4 Å². The predicted molar refractivity (Wildman–Crippen MR) is 270 cm³/mol. The van der Waals surface area contributed by atoms with Crippen LogP contribution in [0.3, 0.4) is 0 Å². The molecule has 396 valence electrons. The van der Waals surface area contributed by atoms with Crippen LogP contribution in [0.25, 0.3) is 11.1 Å². The van der Waals surface area contributed by atoms with Crippen LogP contribution in [-0.4, -0.2) is 109 Å². The van der Waals surface area contributed by atoms with Crippen LogP contribution in [0.4, 0.5) is 13.6 Å². The van der Waals surface area contributed by atoms with Gasteiger partial charge in [0.25, 0.3) is 0 Å². The molecule has 3 rings (SSSR count). The van der Waals surface area contributed by atoms with E-state index in [1.807, 2.05) is 48.5 Å². The number of unbranched alkanes of at least 4 members (excludes halogenated alkanes) is 16. The van der Waals surface area contributed by atoms with E-state index in [-0.39, 0.29) is 81.8 Å². The smallest absolute Gasteiger partial charge is 0.407 e. The molecule has 70 heavy (non-hydrogen) atoms. The monoisotopic (exact) mass is 1030 g/mol. The average molecular weight is 1030 g/mol. The fourth-order valence-electron chi connectivity index (χ4n) is 8.09. The lowest BCUT2D eigenvalue weighted by atomic mass is 9.98. The Bertz CT molecular complexity index is 1810. The normalized spacial score (nSPS) is 13.3. The molecule has 1 aliphatic rings. The molecule has 14 nitrogen and oxygen atoms in total. The van der Waals surface area contributed by atoms with Gasteiger partial charge in [0.1, 0.15) is 25.4 Å². The van der Waals surface area contributed by atoms with Gasteiger partial charge in [0.05, 0.1) is 26.4 Å². The van der Waals surface area contributed by atoms with Gasteiger partial charge in [-0.05, 0) is 35.1 Å². The molecule has 0 saturated heterocycles. The first kappa shape index (κ1) is 60.7. The van der Waals surface area contributed by atoms with Gasteiger partial charge in [0.15, 0.2) is 0 Å². The molecule has 1 aliphatic carbocycles. The Morgan fingerprint density at radius 3 is 1.71 bits per heavy atom. The summed E-state index contributed by atoms with van der Waals surface area (Å²) < 4.78 is 65.6. The van der Waals surface area contributed by atoms with Crippen molar-refractivity contribution in [2.75, 3.05) is 57.7 Å². The largest absolute Gasteiger partial charge is 0.462 e. The number of nitrogens with one attached hydrogen (secondary N) is 2. The second-order valence-electron chi connectivity index (χ2n) is 18.0. The molecular weight excluding hydrogens is 946 g/mol. The first-order valence-electron chi connectivity index (χ1n) is 25.7. The third kappa shape index (κ3) is 24.7. The van der Waals surface area contributed by atoms with Crippen molar-refractivity contribution in [2.45, 2.75) is 172 Å². The quantitative estimate of drug-likeness (QED) is 0.0213. The number of hydrogen-bond donors (Lipinski definition) is 4. The second-order valence-corrected chi connectivity index (χ2v) is 20.8. The third-order valence-corrected chi connectivity index (χ3v) is 14.4. The van der Waals surface area contributed by atoms with Crippen molar-refractivity contribution < 1.29 is 66.0 Å². The van der Waals surface area contributed by atoms with Gasteiger partial charge in [-0.25, -0.2) is 4.79 Å². The molecule has 0 spiro atoms. The summed E-state index contributed by atoms with van der Waals surface area (Å²) in [4.78, 5) is 70.4. The number of alkyl carbamates (subject to hydrolysis) is 1. The van der Waals surface area contributed by atoms with Crippen molar-refractivity contribution in [3.63, 3.8) is 0 Å². The van der Waals surface area contributed by atoms with E-state index in [0.29, 0.717) is 12.8 Å². The molecule has 2 atom stereocenters. The number of benzene rings is 2. The summed E-state index contributed by atoms with van der Waals surface area (Å²) in [7, 11) is -5.60. The number of alkyl halides is 2. The van der Waals surface area contributed by atoms with E-state index >= 15 is 0 Å². The van der Waals surface area contributed by atoms with Gasteiger partial charge >= 0.3 is 31.3 Å². The zero-order chi connectivity index (χ0) is 50.9. The van der Waals surface area contributed by atoms with E-state index in [0.717, 1.165) is 60.8 Å². The zero-order valence-corrected chi connectivity index (χ0v) is 43.4. The summed E-state index contributed by atoms with van der Waals surface area (Å²) in [5.74, 6) is -1.29. The Balaban J connectivity index is 1.57. The van der Waals surface area contributed by atoms with E-state index in [2.05, 4.69) is 24.5 Å². The maximum absolute atomic E-state index is 13.6. The van der Waals surface area contributed by atoms with Crippen LogP contribution in [0, 0.1) is 0 Å². The highest BCUT2D eigenvalue weighted by Gasteiger charge is 2.48. The van der Waals surface area contributed by atoms with Gasteiger partial charge in [0, 0.05) is 43.2 Å². The Kier molecular flexibility index (Phi) is 30.8. The fraction of sp³-hybridized carbons (Fsp3) is 0.692. The number of ether oxygens (including phenoxy) is 5. The molecule has 0 heterocycles. The number of carbonyl (C=O) groups is 4. The Hall–Kier alpha value is -3.60. The lowest BCUT2D eigenvalue weighted by Crippen LogP contribution is -2.49. The van der Waals surface area contributed by atoms with E-state index < -0.39 is 50.4 Å². The average Bonchev–Trinajstić information content (AvgIpc) is 3.65. The number of fused-ring (bicyclic) bond motifs is 3. The van der Waals surface area contributed by atoms with Crippen LogP contribution in [0.1, 0.15) is 166 Å². The fourth-order valence-corrected chi connectivity index (χ4v) is 9.51. The molecule has 2 aromatic carbocycles. The summed E-state index contributed by atoms with van der Waals surface area (Å²) in [6.07, 6.45) is 17.7. The molecule has 4 N–H and O–H groups in total. The highest BCUT2D eigenvalue weighted by molar-refractivity contribution is 7.99. The molecular formula is C52H81F2N2O12PS. The lowest BCUT2D eigenvalue weighted by molar-refractivity contribution is -0.157. The van der Waals surface area contributed by atoms with Crippen LogP contribution in [0.2, 0.25) is 0 Å². The molecule has 0 fully saturated rings. The van der Waals surface area contributed by atoms with Gasteiger partial charge < -0.3 is 44.1 Å². The van der Waals surface area contributed by atoms with E-state index in [9.17, 15) is 32.5 Å². The molecule has 0 radical (unpaired) electrons. The maximum atomic E-state index is 13.6. The Morgan fingerprint density at radius 1 is 0.671 bits per heavy atom. The number of hydrogen-bond acceptors (Lipinski definition) is 11. The summed E-state index contributed by atoms with van der Waals surface area (Å²) in [5, 5.41) is 5.42. The van der Waals surface area contributed by atoms with E-state index in [1.165, 1.54) is 76.0 Å². The standard InChI is InChI=1S/C52H81F2N2O12PS/c1-3-5-7-9-11-13-15-17-19-29-48(57)66-37-41(68-49(58)30-20-18-16-14-12-10-8-6-4-2)39-70-40-47(50(59)55-32-34-65-36-35-64-33-31-52(53,54)69(61,62)63)56-51(60)67-38-46-44-27-23-21-25-42(44)43-26-22-24-28-45(43)46/h21-28,41,46-47H,3-20,29-40H2,1-2H3,(H,55,59)(H,56,60)(H2,61,62,63)/t41-,47+/m1/s1. The van der Waals surface area contributed by atoms with Crippen LogP contribution in [0.5, 0.6) is 0 Å². The van der Waals surface area contributed by atoms with Crippen molar-refractivity contribution in [3.8, 4) is 11.1 Å². The highest BCUT2D eigenvalue weighted by atomic mass is 32.2. The molecule has 2 amide bonds. The van der Waals surface area contributed by atoms with Gasteiger partial charge in [-0.3, -0.25) is 18.9 Å². The van der Waals surface area contributed by atoms with Gasteiger partial charge in [-0.2, -0.15) is 20.5 Å². The maximum Gasteiger partial charge on any atom is 0.407 e. The third-order valence-electron chi connectivity index (χ3n) is 12.1. The van der Waals surface area contributed by atoms with Crippen LogP contribution < -0.4 is 10.6 Å². The summed E-state index contributed by atoms with van der Waals surface area (Å²) in [6.45, 7) is 3.52. The van der Waals surface area contributed by atoms with Crippen molar-refractivity contribution in [1.29, 1.82) is 0 Å². The minimum Gasteiger partial charge on any atom is -0.462 e. The van der Waals surface area contributed by atoms with Gasteiger partial charge in [-0.1, -0.05) is 165 Å². The molecule has 0 aromatic heterocycles. The van der Waals surface area contributed by atoms with Gasteiger partial charge in [0.2, 0.25) is 5.91 Å². The van der Waals surface area contributed by atoms with E-state index in [4.69, 9.17) is 33.5 Å². The topological polar surface area (TPSA) is 196 Å². The number of amides is 2. The molecule has 0 saturated carbocycles. The van der Waals surface area contributed by atoms with Crippen LogP contribution in [0.15, 0.2) is 48.5 Å².